The van der Waals surface area contributed by atoms with Crippen LogP contribution in [0.1, 0.15) is 39.0 Å². The van der Waals surface area contributed by atoms with E-state index in [1.54, 1.807) is 11.3 Å². The van der Waals surface area contributed by atoms with Crippen molar-refractivity contribution in [1.82, 2.24) is 10.3 Å². The van der Waals surface area contributed by atoms with E-state index >= 15 is 0 Å². The Morgan fingerprint density at radius 1 is 1.43 bits per heavy atom. The molecule has 2 atom stereocenters. The van der Waals surface area contributed by atoms with Crippen molar-refractivity contribution in [3.8, 4) is 0 Å². The number of hydrogen-bond acceptors (Lipinski definition) is 6. The third-order valence-corrected chi connectivity index (χ3v) is 4.80. The summed E-state index contributed by atoms with van der Waals surface area (Å²) < 4.78 is 4.88. The predicted molar refractivity (Wildman–Crippen MR) is 87.8 cm³/mol. The van der Waals surface area contributed by atoms with E-state index in [1.807, 2.05) is 6.20 Å². The molecule has 0 aliphatic rings. The van der Waals surface area contributed by atoms with Gasteiger partial charge in [-0.1, -0.05) is 20.3 Å². The SMILES string of the molecule is CCC(C)C(NCc1cnc(N(CC)CC)s1)C(=O)OC. The number of carbonyl (C=O) groups is 1. The van der Waals surface area contributed by atoms with Crippen molar-refractivity contribution >= 4 is 22.4 Å². The second kappa shape index (κ2) is 9.00. The van der Waals surface area contributed by atoms with Gasteiger partial charge in [0.05, 0.1) is 7.11 Å². The van der Waals surface area contributed by atoms with Crippen molar-refractivity contribution in [3.05, 3.63) is 11.1 Å². The van der Waals surface area contributed by atoms with E-state index in [1.165, 1.54) is 7.11 Å². The lowest BCUT2D eigenvalue weighted by molar-refractivity contribution is -0.144. The maximum Gasteiger partial charge on any atom is 0.323 e. The largest absolute Gasteiger partial charge is 0.468 e. The molecule has 0 fully saturated rings. The molecule has 0 saturated carbocycles. The predicted octanol–water partition coefficient (Wildman–Crippen LogP) is 2.67. The Morgan fingerprint density at radius 3 is 2.62 bits per heavy atom. The number of methoxy groups -OCH3 is 1. The third kappa shape index (κ3) is 4.97. The van der Waals surface area contributed by atoms with Gasteiger partial charge >= 0.3 is 5.97 Å². The average molecular weight is 313 g/mol. The molecule has 0 aromatic carbocycles. The lowest BCUT2D eigenvalue weighted by Crippen LogP contribution is -2.42. The number of nitrogens with zero attached hydrogens (tertiary/aromatic N) is 2. The summed E-state index contributed by atoms with van der Waals surface area (Å²) in [5, 5.41) is 4.34. The van der Waals surface area contributed by atoms with Gasteiger partial charge < -0.3 is 9.64 Å². The summed E-state index contributed by atoms with van der Waals surface area (Å²) in [6.07, 6.45) is 2.82. The number of ether oxygens (including phenoxy) is 1. The first-order chi connectivity index (χ1) is 10.1. The summed E-state index contributed by atoms with van der Waals surface area (Å²) in [6, 6.07) is -0.265. The van der Waals surface area contributed by atoms with Crippen molar-refractivity contribution in [2.24, 2.45) is 5.92 Å². The molecule has 0 spiro atoms. The molecule has 0 aliphatic carbocycles. The molecular weight excluding hydrogens is 286 g/mol. The van der Waals surface area contributed by atoms with Gasteiger partial charge in [0.25, 0.3) is 0 Å². The van der Waals surface area contributed by atoms with Gasteiger partial charge in [0.15, 0.2) is 5.13 Å². The Balaban J connectivity index is 2.66. The van der Waals surface area contributed by atoms with E-state index in [0.29, 0.717) is 6.54 Å². The first-order valence-corrected chi connectivity index (χ1v) is 8.39. The van der Waals surface area contributed by atoms with E-state index in [4.69, 9.17) is 4.74 Å². The van der Waals surface area contributed by atoms with E-state index in [-0.39, 0.29) is 17.9 Å². The number of rotatable bonds is 9. The topological polar surface area (TPSA) is 54.5 Å². The molecule has 0 aliphatic heterocycles. The summed E-state index contributed by atoms with van der Waals surface area (Å²) in [4.78, 5) is 19.6. The van der Waals surface area contributed by atoms with Gasteiger partial charge in [0, 0.05) is 30.7 Å². The summed E-state index contributed by atoms with van der Waals surface area (Å²) in [5.41, 5.74) is 0. The number of carbonyl (C=O) groups excluding carboxylic acids is 1. The molecule has 0 amide bonds. The number of aromatic nitrogens is 1. The summed E-state index contributed by atoms with van der Waals surface area (Å²) in [5.74, 6) is 0.0467. The summed E-state index contributed by atoms with van der Waals surface area (Å²) >= 11 is 1.67. The summed E-state index contributed by atoms with van der Waals surface area (Å²) in [6.45, 7) is 10.9. The highest BCUT2D eigenvalue weighted by molar-refractivity contribution is 7.15. The van der Waals surface area contributed by atoms with Gasteiger partial charge in [-0.15, -0.1) is 11.3 Å². The molecule has 1 N–H and O–H groups in total. The summed E-state index contributed by atoms with van der Waals surface area (Å²) in [7, 11) is 1.44. The second-order valence-electron chi connectivity index (χ2n) is 5.05. The second-order valence-corrected chi connectivity index (χ2v) is 6.14. The minimum Gasteiger partial charge on any atom is -0.468 e. The molecular formula is C15H27N3O2S. The molecule has 1 aromatic heterocycles. The van der Waals surface area contributed by atoms with Crippen LogP contribution in [0.4, 0.5) is 5.13 Å². The molecule has 120 valence electrons. The Kier molecular flexibility index (Phi) is 7.67. The number of anilines is 1. The minimum absolute atomic E-state index is 0.196. The Bertz CT molecular complexity index is 432. The molecule has 0 radical (unpaired) electrons. The molecule has 0 saturated heterocycles. The van der Waals surface area contributed by atoms with E-state index in [2.05, 4.69) is 42.9 Å². The quantitative estimate of drug-likeness (QED) is 0.710. The fourth-order valence-electron chi connectivity index (χ4n) is 2.11. The van der Waals surface area contributed by atoms with Crippen LogP contribution < -0.4 is 10.2 Å². The smallest absolute Gasteiger partial charge is 0.323 e. The van der Waals surface area contributed by atoms with Crippen molar-refractivity contribution in [3.63, 3.8) is 0 Å². The van der Waals surface area contributed by atoms with Gasteiger partial charge in [-0.25, -0.2) is 4.98 Å². The van der Waals surface area contributed by atoms with Crippen molar-refractivity contribution in [1.29, 1.82) is 0 Å². The van der Waals surface area contributed by atoms with E-state index in [0.717, 1.165) is 29.5 Å². The standard InChI is InChI=1S/C15H27N3O2S/c1-6-11(4)13(14(19)20-5)16-9-12-10-17-15(21-12)18(7-2)8-3/h10-11,13,16H,6-9H2,1-5H3. The number of nitrogens with one attached hydrogen (secondary N) is 1. The molecule has 1 aromatic rings. The van der Waals surface area contributed by atoms with Gasteiger partial charge in [-0.3, -0.25) is 10.1 Å². The highest BCUT2D eigenvalue weighted by atomic mass is 32.1. The van der Waals surface area contributed by atoms with Crippen LogP contribution in [0.2, 0.25) is 0 Å². The van der Waals surface area contributed by atoms with Crippen LogP contribution in [0.25, 0.3) is 0 Å². The van der Waals surface area contributed by atoms with Crippen molar-refractivity contribution in [2.45, 2.75) is 46.7 Å². The number of hydrogen-bond donors (Lipinski definition) is 1. The fraction of sp³-hybridized carbons (Fsp3) is 0.733. The Labute approximate surface area is 131 Å². The molecule has 6 heteroatoms. The molecule has 2 unspecified atom stereocenters. The first kappa shape index (κ1) is 17.9. The minimum atomic E-state index is -0.265. The maximum atomic E-state index is 11.8. The van der Waals surface area contributed by atoms with Crippen LogP contribution in [-0.4, -0.2) is 37.2 Å². The van der Waals surface area contributed by atoms with Crippen molar-refractivity contribution in [2.75, 3.05) is 25.1 Å². The van der Waals surface area contributed by atoms with Crippen LogP contribution in [-0.2, 0) is 16.1 Å². The van der Waals surface area contributed by atoms with Crippen LogP contribution in [0.5, 0.6) is 0 Å². The highest BCUT2D eigenvalue weighted by Gasteiger charge is 2.24. The van der Waals surface area contributed by atoms with Gasteiger partial charge in [-0.05, 0) is 19.8 Å². The lowest BCUT2D eigenvalue weighted by Gasteiger charge is -2.21. The third-order valence-electron chi connectivity index (χ3n) is 3.74. The molecule has 5 nitrogen and oxygen atoms in total. The van der Waals surface area contributed by atoms with Crippen LogP contribution in [0.3, 0.4) is 0 Å². The monoisotopic (exact) mass is 313 g/mol. The normalized spacial score (nSPS) is 13.8. The van der Waals surface area contributed by atoms with Crippen LogP contribution >= 0.6 is 11.3 Å². The lowest BCUT2D eigenvalue weighted by atomic mass is 9.99. The van der Waals surface area contributed by atoms with Crippen LogP contribution in [0.15, 0.2) is 6.20 Å². The van der Waals surface area contributed by atoms with E-state index in [9.17, 15) is 4.79 Å². The molecule has 1 heterocycles. The zero-order valence-electron chi connectivity index (χ0n) is 13.7. The first-order valence-electron chi connectivity index (χ1n) is 7.58. The molecule has 0 bridgehead atoms. The number of thiazole rings is 1. The van der Waals surface area contributed by atoms with Crippen LogP contribution in [0, 0.1) is 5.92 Å². The van der Waals surface area contributed by atoms with E-state index < -0.39 is 0 Å². The number of esters is 1. The Hall–Kier alpha value is -1.14. The molecule has 1 rings (SSSR count). The van der Waals surface area contributed by atoms with Gasteiger partial charge in [-0.2, -0.15) is 0 Å². The fourth-order valence-corrected chi connectivity index (χ4v) is 3.10. The highest BCUT2D eigenvalue weighted by Crippen LogP contribution is 2.22. The molecule has 21 heavy (non-hydrogen) atoms. The average Bonchev–Trinajstić information content (AvgIpc) is 2.96. The van der Waals surface area contributed by atoms with Gasteiger partial charge in [0.2, 0.25) is 0 Å². The van der Waals surface area contributed by atoms with Gasteiger partial charge in [0.1, 0.15) is 6.04 Å². The maximum absolute atomic E-state index is 11.8. The Morgan fingerprint density at radius 2 is 2.10 bits per heavy atom. The van der Waals surface area contributed by atoms with Crippen molar-refractivity contribution < 1.29 is 9.53 Å². The zero-order chi connectivity index (χ0) is 15.8. The zero-order valence-corrected chi connectivity index (χ0v) is 14.5.